The van der Waals surface area contributed by atoms with Gasteiger partial charge in [-0.2, -0.15) is 12.6 Å². The lowest BCUT2D eigenvalue weighted by Crippen LogP contribution is -2.51. The smallest absolute Gasteiger partial charge is 0.243 e. The number of piperazine rings is 1. The first kappa shape index (κ1) is 20.5. The van der Waals surface area contributed by atoms with Crippen LogP contribution in [-0.4, -0.2) is 58.8 Å². The Labute approximate surface area is 187 Å². The van der Waals surface area contributed by atoms with Crippen molar-refractivity contribution in [2.45, 2.75) is 37.3 Å². The average Bonchev–Trinajstić information content (AvgIpc) is 3.11. The monoisotopic (exact) mass is 437 g/mol. The maximum Gasteiger partial charge on any atom is 0.243 e. The van der Waals surface area contributed by atoms with Crippen LogP contribution in [-0.2, 0) is 22.7 Å². The summed E-state index contributed by atoms with van der Waals surface area (Å²) in [5, 5.41) is 2.34. The molecule has 2 aromatic rings. The number of thiol groups is 1. The minimum absolute atomic E-state index is 0.123. The maximum absolute atomic E-state index is 12.3. The lowest BCUT2D eigenvalue weighted by atomic mass is 10.0. The third kappa shape index (κ3) is 4.20. The SMILES string of the molecule is O=C1CCC(N2Cc3ccc(CN4CCN(c5ccncc5)CC4)cc3C2S)C(=O)N1. The molecule has 2 fully saturated rings. The zero-order valence-corrected chi connectivity index (χ0v) is 18.3. The molecule has 0 radical (unpaired) electrons. The molecule has 4 heterocycles. The van der Waals surface area contributed by atoms with Gasteiger partial charge in [0, 0.05) is 63.8 Å². The van der Waals surface area contributed by atoms with Crippen molar-refractivity contribution in [1.29, 1.82) is 0 Å². The highest BCUT2D eigenvalue weighted by molar-refractivity contribution is 7.80. The van der Waals surface area contributed by atoms with E-state index in [-0.39, 0.29) is 23.2 Å². The van der Waals surface area contributed by atoms with E-state index in [0.29, 0.717) is 19.4 Å². The second-order valence-electron chi connectivity index (χ2n) is 8.51. The van der Waals surface area contributed by atoms with E-state index in [0.717, 1.165) is 32.7 Å². The van der Waals surface area contributed by atoms with Gasteiger partial charge >= 0.3 is 0 Å². The number of rotatable bonds is 4. The Kier molecular flexibility index (Phi) is 5.69. The highest BCUT2D eigenvalue weighted by Gasteiger charge is 2.39. The number of carbonyl (C=O) groups is 2. The van der Waals surface area contributed by atoms with E-state index in [1.165, 1.54) is 22.4 Å². The molecule has 5 rings (SSSR count). The Hall–Kier alpha value is -2.42. The summed E-state index contributed by atoms with van der Waals surface area (Å²) in [6, 6.07) is 10.5. The second kappa shape index (κ2) is 8.61. The van der Waals surface area contributed by atoms with Crippen LogP contribution in [0.25, 0.3) is 0 Å². The zero-order valence-electron chi connectivity index (χ0n) is 17.4. The van der Waals surface area contributed by atoms with Gasteiger partial charge in [-0.15, -0.1) is 0 Å². The molecule has 2 amide bonds. The van der Waals surface area contributed by atoms with Gasteiger partial charge in [-0.3, -0.25) is 29.7 Å². The third-order valence-corrected chi connectivity index (χ3v) is 7.15. The summed E-state index contributed by atoms with van der Waals surface area (Å²) in [5.74, 6) is -0.379. The molecular formula is C23H27N5O2S. The maximum atomic E-state index is 12.3. The van der Waals surface area contributed by atoms with Gasteiger partial charge in [-0.1, -0.05) is 18.2 Å². The quantitative estimate of drug-likeness (QED) is 0.563. The average molecular weight is 438 g/mol. The fraction of sp³-hybridized carbons (Fsp3) is 0.435. The molecule has 8 heteroatoms. The van der Waals surface area contributed by atoms with Crippen LogP contribution in [0.1, 0.15) is 34.9 Å². The van der Waals surface area contributed by atoms with Gasteiger partial charge in [-0.05, 0) is 35.2 Å². The predicted molar refractivity (Wildman–Crippen MR) is 122 cm³/mol. The number of anilines is 1. The zero-order chi connectivity index (χ0) is 21.4. The number of hydrogen-bond acceptors (Lipinski definition) is 7. The molecule has 31 heavy (non-hydrogen) atoms. The molecule has 2 unspecified atom stereocenters. The molecule has 0 bridgehead atoms. The van der Waals surface area contributed by atoms with Crippen LogP contribution in [0.4, 0.5) is 5.69 Å². The highest BCUT2D eigenvalue weighted by atomic mass is 32.1. The molecule has 1 aromatic carbocycles. The van der Waals surface area contributed by atoms with E-state index < -0.39 is 0 Å². The number of carbonyl (C=O) groups excluding carboxylic acids is 2. The molecule has 3 aliphatic heterocycles. The Morgan fingerprint density at radius 3 is 2.58 bits per heavy atom. The molecule has 0 saturated carbocycles. The van der Waals surface area contributed by atoms with Crippen molar-refractivity contribution in [3.63, 3.8) is 0 Å². The summed E-state index contributed by atoms with van der Waals surface area (Å²) in [5.41, 5.74) is 4.91. The molecule has 162 valence electrons. The molecule has 3 aliphatic rings. The van der Waals surface area contributed by atoms with Gasteiger partial charge < -0.3 is 4.90 Å². The lowest BCUT2D eigenvalue weighted by molar-refractivity contribution is -0.137. The van der Waals surface area contributed by atoms with Gasteiger partial charge in [0.2, 0.25) is 11.8 Å². The number of nitrogens with one attached hydrogen (secondary N) is 1. The van der Waals surface area contributed by atoms with E-state index in [2.05, 4.69) is 55.3 Å². The number of fused-ring (bicyclic) bond motifs is 1. The Morgan fingerprint density at radius 2 is 1.84 bits per heavy atom. The third-order valence-electron chi connectivity index (χ3n) is 6.57. The summed E-state index contributed by atoms with van der Waals surface area (Å²) in [6.45, 7) is 5.66. The molecule has 0 aliphatic carbocycles. The van der Waals surface area contributed by atoms with Gasteiger partial charge in [0.25, 0.3) is 0 Å². The topological polar surface area (TPSA) is 68.8 Å². The van der Waals surface area contributed by atoms with E-state index in [9.17, 15) is 9.59 Å². The number of nitrogens with zero attached hydrogens (tertiary/aromatic N) is 4. The van der Waals surface area contributed by atoms with Crippen LogP contribution >= 0.6 is 12.6 Å². The van der Waals surface area contributed by atoms with Crippen molar-refractivity contribution in [2.24, 2.45) is 0 Å². The van der Waals surface area contributed by atoms with Gasteiger partial charge in [-0.25, -0.2) is 0 Å². The van der Waals surface area contributed by atoms with E-state index in [4.69, 9.17) is 12.6 Å². The number of pyridine rings is 1. The molecular weight excluding hydrogens is 410 g/mol. The normalized spacial score (nSPS) is 24.9. The molecule has 2 atom stereocenters. The van der Waals surface area contributed by atoms with Gasteiger partial charge in [0.05, 0.1) is 11.4 Å². The van der Waals surface area contributed by atoms with Crippen molar-refractivity contribution in [3.8, 4) is 0 Å². The van der Waals surface area contributed by atoms with Crippen molar-refractivity contribution >= 4 is 30.1 Å². The van der Waals surface area contributed by atoms with Crippen LogP contribution in [0.15, 0.2) is 42.7 Å². The summed E-state index contributed by atoms with van der Waals surface area (Å²) in [7, 11) is 0. The van der Waals surface area contributed by atoms with Crippen LogP contribution in [0.5, 0.6) is 0 Å². The number of aromatic nitrogens is 1. The fourth-order valence-corrected chi connectivity index (χ4v) is 5.33. The summed E-state index contributed by atoms with van der Waals surface area (Å²) in [6.07, 6.45) is 4.64. The summed E-state index contributed by atoms with van der Waals surface area (Å²) in [4.78, 5) is 34.9. The number of amides is 2. The van der Waals surface area contributed by atoms with Gasteiger partial charge in [0.15, 0.2) is 0 Å². The number of piperidine rings is 1. The predicted octanol–water partition coefficient (Wildman–Crippen LogP) is 1.95. The Balaban J connectivity index is 1.22. The van der Waals surface area contributed by atoms with Crippen molar-refractivity contribution in [2.75, 3.05) is 31.1 Å². The molecule has 1 N–H and O–H groups in total. The largest absolute Gasteiger partial charge is 0.369 e. The number of benzene rings is 1. The van der Waals surface area contributed by atoms with Crippen molar-refractivity contribution in [3.05, 3.63) is 59.4 Å². The standard InChI is InChI=1S/C23H27N5O2S/c29-21-4-3-20(22(30)25-21)28-15-17-2-1-16(13-19(17)23(28)31)14-26-9-11-27(12-10-26)18-5-7-24-8-6-18/h1-2,5-8,13,20,23,31H,3-4,9-12,14-15H2,(H,25,29,30). The van der Waals surface area contributed by atoms with E-state index in [1.54, 1.807) is 0 Å². The highest BCUT2D eigenvalue weighted by Crippen LogP contribution is 2.39. The van der Waals surface area contributed by atoms with Crippen molar-refractivity contribution in [1.82, 2.24) is 20.1 Å². The lowest BCUT2D eigenvalue weighted by Gasteiger charge is -2.36. The summed E-state index contributed by atoms with van der Waals surface area (Å²) < 4.78 is 0. The Bertz CT molecular complexity index is 977. The van der Waals surface area contributed by atoms with Crippen LogP contribution in [0.3, 0.4) is 0 Å². The number of hydrogen-bond donors (Lipinski definition) is 2. The van der Waals surface area contributed by atoms with Crippen LogP contribution < -0.4 is 10.2 Å². The van der Waals surface area contributed by atoms with Gasteiger partial charge in [0.1, 0.15) is 0 Å². The minimum atomic E-state index is -0.294. The van der Waals surface area contributed by atoms with Crippen molar-refractivity contribution < 1.29 is 9.59 Å². The fourth-order valence-electron chi connectivity index (χ4n) is 4.85. The Morgan fingerprint density at radius 1 is 1.06 bits per heavy atom. The van der Waals surface area contributed by atoms with E-state index >= 15 is 0 Å². The summed E-state index contributed by atoms with van der Waals surface area (Å²) >= 11 is 4.84. The number of imide groups is 1. The minimum Gasteiger partial charge on any atom is -0.369 e. The first-order chi connectivity index (χ1) is 15.1. The van der Waals surface area contributed by atoms with Crippen LogP contribution in [0.2, 0.25) is 0 Å². The molecule has 2 saturated heterocycles. The molecule has 7 nitrogen and oxygen atoms in total. The first-order valence-electron chi connectivity index (χ1n) is 10.8. The molecule has 0 spiro atoms. The van der Waals surface area contributed by atoms with Crippen LogP contribution in [0, 0.1) is 0 Å². The van der Waals surface area contributed by atoms with E-state index in [1.807, 2.05) is 12.4 Å². The first-order valence-corrected chi connectivity index (χ1v) is 11.4. The molecule has 1 aromatic heterocycles. The second-order valence-corrected chi connectivity index (χ2v) is 9.00.